The summed E-state index contributed by atoms with van der Waals surface area (Å²) in [5.41, 5.74) is 0. The van der Waals surface area contributed by atoms with Crippen LogP contribution in [0.2, 0.25) is 0 Å². The monoisotopic (exact) mass is 278 g/mol. The average molecular weight is 279 g/mol. The first-order valence-electron chi connectivity index (χ1n) is 5.03. The molecule has 0 amide bonds. The topological polar surface area (TPSA) is 44.8 Å². The Hall–Kier alpha value is 0.690. The van der Waals surface area contributed by atoms with Crippen molar-refractivity contribution in [3.8, 4) is 0 Å². The van der Waals surface area contributed by atoms with Crippen molar-refractivity contribution in [3.05, 3.63) is 0 Å². The second kappa shape index (κ2) is 9.88. The van der Waals surface area contributed by atoms with E-state index in [0.29, 0.717) is 0 Å². The van der Waals surface area contributed by atoms with Crippen LogP contribution in [0.5, 0.6) is 0 Å². The molecule has 0 aromatic carbocycles. The summed E-state index contributed by atoms with van der Waals surface area (Å²) in [6.45, 7) is 2.43. The van der Waals surface area contributed by atoms with Crippen LogP contribution in [0.4, 0.5) is 0 Å². The van der Waals surface area contributed by atoms with Gasteiger partial charge in [0.25, 0.3) is 0 Å². The molecule has 0 aromatic rings. The van der Waals surface area contributed by atoms with Crippen molar-refractivity contribution in [2.24, 2.45) is 0 Å². The maximum Gasteiger partial charge on any atom is 0.507 e. The lowest BCUT2D eigenvalue weighted by atomic mass is 10.1. The normalized spacial score (nSPS) is 11.9. The van der Waals surface area contributed by atoms with Gasteiger partial charge in [-0.1, -0.05) is 39.0 Å². The number of rotatable bonds is 10. The minimum absolute atomic E-state index is 0.267. The van der Waals surface area contributed by atoms with Gasteiger partial charge in [-0.25, -0.2) is 4.57 Å². The number of phosphoric acid groups is 1. The van der Waals surface area contributed by atoms with Crippen molar-refractivity contribution in [1.29, 1.82) is 0 Å². The highest BCUT2D eigenvalue weighted by atomic mass is 35.5. The van der Waals surface area contributed by atoms with Gasteiger partial charge >= 0.3 is 7.82 Å². The zero-order valence-electron chi connectivity index (χ0n) is 8.79. The molecule has 0 aliphatic heterocycles. The summed E-state index contributed by atoms with van der Waals surface area (Å²) in [6.07, 6.45) is 6.62. The molecule has 0 spiro atoms. The predicted molar refractivity (Wildman–Crippen MR) is 60.8 cm³/mol. The van der Waals surface area contributed by atoms with E-state index in [0.717, 1.165) is 19.3 Å². The van der Waals surface area contributed by atoms with Gasteiger partial charge in [0, 0.05) is 0 Å². The predicted octanol–water partition coefficient (Wildman–Crippen LogP) is 4.81. The van der Waals surface area contributed by atoms with Crippen molar-refractivity contribution < 1.29 is 17.2 Å². The quantitative estimate of drug-likeness (QED) is 0.425. The van der Waals surface area contributed by atoms with Crippen molar-refractivity contribution >= 4 is 31.6 Å². The van der Waals surface area contributed by atoms with E-state index < -0.39 is 7.82 Å². The molecule has 0 bridgehead atoms. The number of halogens is 2. The highest BCUT2D eigenvalue weighted by molar-refractivity contribution is 7.50. The smallest absolute Gasteiger partial charge is 0.285 e. The third-order valence-corrected chi connectivity index (χ3v) is 3.77. The third kappa shape index (κ3) is 8.49. The van der Waals surface area contributed by atoms with E-state index >= 15 is 0 Å². The van der Waals surface area contributed by atoms with Crippen LogP contribution in [-0.4, -0.2) is 6.61 Å². The fraction of sp³-hybridized carbons (Fsp3) is 1.00. The molecule has 0 atom stereocenters. The Kier molecular flexibility index (Phi) is 10.3. The first-order valence-corrected chi connectivity index (χ1v) is 7.11. The molecule has 0 aromatic heterocycles. The van der Waals surface area contributed by atoms with Gasteiger partial charge in [-0.2, -0.15) is 8.15 Å². The SMILES string of the molecule is CCCCCCCCOP(=O)(OCl)OCl. The molecule has 4 nitrogen and oxygen atoms in total. The van der Waals surface area contributed by atoms with E-state index in [9.17, 15) is 4.57 Å². The third-order valence-electron chi connectivity index (χ3n) is 1.92. The zero-order valence-corrected chi connectivity index (χ0v) is 11.2. The van der Waals surface area contributed by atoms with Crippen LogP contribution in [-0.2, 0) is 17.2 Å². The van der Waals surface area contributed by atoms with Crippen LogP contribution in [0.25, 0.3) is 0 Å². The number of hydrogen-bond donors (Lipinski definition) is 0. The second-order valence-electron chi connectivity index (χ2n) is 3.19. The largest absolute Gasteiger partial charge is 0.507 e. The average Bonchev–Trinajstić information content (AvgIpc) is 2.27. The van der Waals surface area contributed by atoms with Crippen LogP contribution in [0.1, 0.15) is 45.4 Å². The zero-order chi connectivity index (χ0) is 11.6. The first kappa shape index (κ1) is 15.7. The second-order valence-corrected chi connectivity index (χ2v) is 5.44. The van der Waals surface area contributed by atoms with Gasteiger partial charge in [-0.15, -0.1) is 0 Å². The number of unbranched alkanes of at least 4 members (excludes halogenated alkanes) is 5. The Morgan fingerprint density at radius 3 is 2.07 bits per heavy atom. The van der Waals surface area contributed by atoms with Crippen molar-refractivity contribution in [2.45, 2.75) is 45.4 Å². The van der Waals surface area contributed by atoms with Crippen molar-refractivity contribution in [3.63, 3.8) is 0 Å². The van der Waals surface area contributed by atoms with Gasteiger partial charge in [0.05, 0.1) is 30.3 Å². The van der Waals surface area contributed by atoms with Gasteiger partial charge < -0.3 is 0 Å². The summed E-state index contributed by atoms with van der Waals surface area (Å²) in [5, 5.41) is 0. The molecule has 0 fully saturated rings. The van der Waals surface area contributed by atoms with Crippen LogP contribution < -0.4 is 0 Å². The first-order chi connectivity index (χ1) is 7.18. The summed E-state index contributed by atoms with van der Waals surface area (Å²) in [4.78, 5) is 0. The van der Waals surface area contributed by atoms with Crippen molar-refractivity contribution in [1.82, 2.24) is 0 Å². The Morgan fingerprint density at radius 1 is 1.00 bits per heavy atom. The molecule has 0 radical (unpaired) electrons. The molecule has 92 valence electrons. The molecule has 0 rings (SSSR count). The summed E-state index contributed by atoms with van der Waals surface area (Å²) in [7, 11) is -3.71. The molecule has 0 heterocycles. The van der Waals surface area contributed by atoms with E-state index in [1.807, 2.05) is 0 Å². The summed E-state index contributed by atoms with van der Waals surface area (Å²) >= 11 is 9.79. The molecule has 0 saturated heterocycles. The Balaban J connectivity index is 3.34. The highest BCUT2D eigenvalue weighted by Crippen LogP contribution is 2.51. The van der Waals surface area contributed by atoms with E-state index in [1.165, 1.54) is 19.3 Å². The summed E-state index contributed by atoms with van der Waals surface area (Å²) in [5.74, 6) is 0. The molecular weight excluding hydrogens is 262 g/mol. The van der Waals surface area contributed by atoms with Crippen LogP contribution in [0.15, 0.2) is 0 Å². The van der Waals surface area contributed by atoms with Crippen LogP contribution in [0, 0.1) is 0 Å². The molecule has 0 aliphatic rings. The van der Waals surface area contributed by atoms with Crippen LogP contribution in [0.3, 0.4) is 0 Å². The Morgan fingerprint density at radius 2 is 1.53 bits per heavy atom. The maximum atomic E-state index is 11.2. The molecule has 0 N–H and O–H groups in total. The van der Waals surface area contributed by atoms with E-state index in [4.69, 9.17) is 28.3 Å². The van der Waals surface area contributed by atoms with Gasteiger partial charge in [0.15, 0.2) is 0 Å². The fourth-order valence-electron chi connectivity index (χ4n) is 1.11. The van der Waals surface area contributed by atoms with Gasteiger partial charge in [-0.05, 0) is 6.42 Å². The lowest BCUT2D eigenvalue weighted by Gasteiger charge is -2.08. The van der Waals surface area contributed by atoms with Crippen molar-refractivity contribution in [2.75, 3.05) is 6.61 Å². The maximum absolute atomic E-state index is 11.2. The molecule has 0 unspecified atom stereocenters. The van der Waals surface area contributed by atoms with E-state index in [2.05, 4.69) is 15.1 Å². The standard InChI is InChI=1S/C8H17Cl2O4P/c1-2-3-4-5-6-7-8-12-15(11,13-9)14-10/h2-8H2,1H3. The van der Waals surface area contributed by atoms with E-state index in [-0.39, 0.29) is 6.61 Å². The minimum Gasteiger partial charge on any atom is -0.285 e. The van der Waals surface area contributed by atoms with Gasteiger partial charge in [0.2, 0.25) is 0 Å². The molecule has 7 heteroatoms. The highest BCUT2D eigenvalue weighted by Gasteiger charge is 2.26. The lowest BCUT2D eigenvalue weighted by Crippen LogP contribution is -1.93. The minimum atomic E-state index is -3.71. The molecular formula is C8H17Cl2O4P. The Bertz CT molecular complexity index is 183. The van der Waals surface area contributed by atoms with E-state index in [1.54, 1.807) is 0 Å². The van der Waals surface area contributed by atoms with Gasteiger partial charge in [-0.3, -0.25) is 4.52 Å². The lowest BCUT2D eigenvalue weighted by molar-refractivity contribution is 0.214. The summed E-state index contributed by atoms with van der Waals surface area (Å²) in [6, 6.07) is 0. The Labute approximate surface area is 101 Å². The van der Waals surface area contributed by atoms with Crippen LogP contribution >= 0.6 is 31.6 Å². The molecule has 15 heavy (non-hydrogen) atoms. The molecule has 0 aliphatic carbocycles. The fourth-order valence-corrected chi connectivity index (χ4v) is 2.06. The van der Waals surface area contributed by atoms with Gasteiger partial charge in [0.1, 0.15) is 0 Å². The summed E-state index contributed by atoms with van der Waals surface area (Å²) < 4.78 is 23.9. The number of hydrogen-bond acceptors (Lipinski definition) is 4. The molecule has 0 saturated carbocycles.